The largest absolute Gasteiger partial charge is 1.00 e. The predicted octanol–water partition coefficient (Wildman–Crippen LogP) is 10.9. The molecular weight excluding hydrogens is 943 g/mol. The van der Waals surface area contributed by atoms with Crippen LogP contribution in [-0.4, -0.2) is 21.6 Å². The van der Waals surface area contributed by atoms with Gasteiger partial charge in [-0.05, 0) is 73.3 Å². The number of rotatable bonds is 12. The van der Waals surface area contributed by atoms with Crippen molar-refractivity contribution in [1.29, 1.82) is 0 Å². The number of benzene rings is 4. The molecule has 0 aromatic heterocycles. The van der Waals surface area contributed by atoms with Crippen molar-refractivity contribution < 1.29 is 48.1 Å². The fourth-order valence-electron chi connectivity index (χ4n) is 11.2. The molecule has 2 saturated carbocycles. The van der Waals surface area contributed by atoms with Crippen LogP contribution in [0.1, 0.15) is 115 Å². The molecule has 2 aliphatic carbocycles. The normalized spacial score (nSPS) is 15.8. The summed E-state index contributed by atoms with van der Waals surface area (Å²) < 4.78 is 0. The van der Waals surface area contributed by atoms with Crippen LogP contribution >= 0.6 is 0 Å². The van der Waals surface area contributed by atoms with E-state index in [9.17, 15) is 0 Å². The SMILES string of the molecule is CCCC1(Cc2cc3c(-c4ccc([Si](C)(C)C)cc4)cccc3[cH-]2)CCCCC1.CCCC1(Cc2cc3c(-c4ccc([Si](C)(C)C)cc4)cccc3[cH-]2)CCCCC1.C[Si](C)=[Zr+2].[Cl-].[Cl-]. The molecule has 344 valence electrons. The molecule has 64 heavy (non-hydrogen) atoms. The van der Waals surface area contributed by atoms with E-state index in [1.165, 1.54) is 157 Å². The van der Waals surface area contributed by atoms with E-state index < -0.39 is 16.1 Å². The van der Waals surface area contributed by atoms with Crippen LogP contribution in [0.5, 0.6) is 0 Å². The standard InChI is InChI=1S/2C28H37Si.C2H6Si.2ClH.Zr/c2*1-5-16-28(17-7-6-8-18-28)21-22-19-24-10-9-11-26(27(24)20-22)23-12-14-25(15-13-23)29(2,3)4;1-3-2;;;/h2*9-15,19-20H,5-8,16-18,21H2,1-4H3;1-2H3;2*1H;/q2*-1;;;;+2/p-2. The van der Waals surface area contributed by atoms with Crippen molar-refractivity contribution in [3.05, 3.63) is 120 Å². The van der Waals surface area contributed by atoms with Crippen molar-refractivity contribution in [2.24, 2.45) is 10.8 Å². The minimum atomic E-state index is -1.25. The summed E-state index contributed by atoms with van der Waals surface area (Å²) in [6.07, 6.45) is 22.2. The van der Waals surface area contributed by atoms with Crippen LogP contribution in [0, 0.1) is 10.8 Å². The fraction of sp³-hybridized carbons (Fsp3) is 0.483. The predicted molar refractivity (Wildman–Crippen MR) is 282 cm³/mol. The second-order valence-corrected chi connectivity index (χ2v) is 41.5. The van der Waals surface area contributed by atoms with Crippen LogP contribution in [0.4, 0.5) is 0 Å². The van der Waals surface area contributed by atoms with Gasteiger partial charge in [0, 0.05) is 0 Å². The number of hydrogen-bond donors (Lipinski definition) is 0. The van der Waals surface area contributed by atoms with Gasteiger partial charge < -0.3 is 24.8 Å². The van der Waals surface area contributed by atoms with Crippen molar-refractivity contribution in [3.8, 4) is 22.3 Å². The van der Waals surface area contributed by atoms with Crippen LogP contribution < -0.4 is 35.2 Å². The third kappa shape index (κ3) is 14.6. The number of halogens is 2. The number of fused-ring (bicyclic) bond motifs is 2. The molecule has 0 spiro atoms. The van der Waals surface area contributed by atoms with Gasteiger partial charge in [-0.3, -0.25) is 0 Å². The smallest absolute Gasteiger partial charge is 1.00 e. The summed E-state index contributed by atoms with van der Waals surface area (Å²) >= 11 is 1.74. The van der Waals surface area contributed by atoms with E-state index in [1.54, 1.807) is 34.5 Å². The van der Waals surface area contributed by atoms with Gasteiger partial charge in [0.2, 0.25) is 0 Å². The van der Waals surface area contributed by atoms with Gasteiger partial charge in [-0.2, -0.15) is 12.1 Å². The summed E-state index contributed by atoms with van der Waals surface area (Å²) in [5, 5.41) is 8.77. The van der Waals surface area contributed by atoms with Crippen molar-refractivity contribution >= 4 is 53.5 Å². The molecule has 0 amide bonds. The maximum atomic E-state index is 2.50. The average molecular weight is 1020 g/mol. The Kier molecular flexibility index (Phi) is 21.0. The van der Waals surface area contributed by atoms with Gasteiger partial charge in [-0.15, -0.1) is 69.1 Å². The molecule has 0 bridgehead atoms. The third-order valence-electron chi connectivity index (χ3n) is 14.3. The maximum absolute atomic E-state index is 2.50. The van der Waals surface area contributed by atoms with Crippen LogP contribution in [-0.2, 0) is 36.2 Å². The Bertz CT molecular complexity index is 2170. The van der Waals surface area contributed by atoms with E-state index in [0.29, 0.717) is 10.8 Å². The van der Waals surface area contributed by atoms with Gasteiger partial charge in [0.05, 0.1) is 16.1 Å². The van der Waals surface area contributed by atoms with Gasteiger partial charge in [0.25, 0.3) is 0 Å². The molecule has 6 aromatic rings. The summed E-state index contributed by atoms with van der Waals surface area (Å²) in [7, 11) is -2.50. The Morgan fingerprint density at radius 2 is 0.844 bits per heavy atom. The van der Waals surface area contributed by atoms with E-state index in [1.807, 2.05) is 0 Å². The summed E-state index contributed by atoms with van der Waals surface area (Å²) in [5.74, 6) is 0. The van der Waals surface area contributed by atoms with Gasteiger partial charge in [-0.25, -0.2) is 0 Å². The molecule has 2 aliphatic rings. The first-order valence-electron chi connectivity index (χ1n) is 24.6. The second kappa shape index (κ2) is 24.5. The second-order valence-electron chi connectivity index (χ2n) is 22.0. The van der Waals surface area contributed by atoms with Crippen molar-refractivity contribution in [2.75, 3.05) is 0 Å². The maximum Gasteiger partial charge on any atom is -1.00 e. The molecule has 8 rings (SSSR count). The first kappa shape index (κ1) is 54.8. The zero-order valence-electron chi connectivity index (χ0n) is 41.5. The Hall–Kier alpha value is -1.79. The molecule has 0 atom stereocenters. The Labute approximate surface area is 420 Å². The zero-order valence-corrected chi connectivity index (χ0v) is 48.4. The molecule has 0 aliphatic heterocycles. The quantitative estimate of drug-likeness (QED) is 0.0847. The topological polar surface area (TPSA) is 0 Å². The van der Waals surface area contributed by atoms with E-state index in [0.717, 1.165) is 0 Å². The molecule has 2 fully saturated rings. The van der Waals surface area contributed by atoms with Crippen LogP contribution in [0.3, 0.4) is 0 Å². The molecule has 0 saturated heterocycles. The van der Waals surface area contributed by atoms with Crippen LogP contribution in [0.2, 0.25) is 52.4 Å². The van der Waals surface area contributed by atoms with E-state index in [2.05, 4.69) is 175 Å². The van der Waals surface area contributed by atoms with E-state index in [-0.39, 0.29) is 30.2 Å². The first-order chi connectivity index (χ1) is 29.5. The Balaban J connectivity index is 0.000000252. The minimum Gasteiger partial charge on any atom is -1.00 e. The fourth-order valence-corrected chi connectivity index (χ4v) is 13.5. The summed E-state index contributed by atoms with van der Waals surface area (Å²) in [6, 6.07) is 42.4. The molecule has 0 nitrogen and oxygen atoms in total. The minimum absolute atomic E-state index is 0. The molecule has 0 unspecified atom stereocenters. The Morgan fingerprint density at radius 3 is 1.14 bits per heavy atom. The van der Waals surface area contributed by atoms with Gasteiger partial charge >= 0.3 is 41.9 Å². The molecule has 0 N–H and O–H groups in total. The monoisotopic (exact) mass is 1020 g/mol. The molecule has 6 heteroatoms. The molecule has 0 heterocycles. The van der Waals surface area contributed by atoms with Crippen LogP contribution in [0.15, 0.2) is 109 Å². The summed E-state index contributed by atoms with van der Waals surface area (Å²) in [4.78, 5) is 0. The van der Waals surface area contributed by atoms with Crippen molar-refractivity contribution in [2.45, 2.75) is 169 Å². The van der Waals surface area contributed by atoms with E-state index in [4.69, 9.17) is 0 Å². The van der Waals surface area contributed by atoms with Gasteiger partial charge in [0.1, 0.15) is 0 Å². The third-order valence-corrected chi connectivity index (χ3v) is 18.4. The van der Waals surface area contributed by atoms with E-state index >= 15 is 0 Å². The summed E-state index contributed by atoms with van der Waals surface area (Å²) in [5.41, 5.74) is 9.93. The molecule has 6 aromatic carbocycles. The molecular formula is C58H80Cl2Si3Zr-2. The van der Waals surface area contributed by atoms with Gasteiger partial charge in [-0.1, -0.05) is 187 Å². The van der Waals surface area contributed by atoms with Gasteiger partial charge in [0.15, 0.2) is 0 Å². The zero-order chi connectivity index (χ0) is 44.5. The van der Waals surface area contributed by atoms with Crippen molar-refractivity contribution in [3.63, 3.8) is 0 Å². The number of hydrogen-bond acceptors (Lipinski definition) is 0. The average Bonchev–Trinajstić information content (AvgIpc) is 3.84. The molecule has 0 radical (unpaired) electrons. The summed E-state index contributed by atoms with van der Waals surface area (Å²) in [6.45, 7) is 23.9. The van der Waals surface area contributed by atoms with Crippen molar-refractivity contribution in [1.82, 2.24) is 0 Å². The van der Waals surface area contributed by atoms with Crippen LogP contribution in [0.25, 0.3) is 43.8 Å². The Morgan fingerprint density at radius 1 is 0.516 bits per heavy atom. The first-order valence-corrected chi connectivity index (χ1v) is 37.8.